The van der Waals surface area contributed by atoms with Crippen molar-refractivity contribution in [2.24, 2.45) is 0 Å². The highest BCUT2D eigenvalue weighted by atomic mass is 19.1. The fourth-order valence-corrected chi connectivity index (χ4v) is 1.47. The maximum Gasteiger partial charge on any atom is 0.128 e. The molecule has 0 aliphatic rings. The largest absolute Gasteiger partial charge is 0.392 e. The Bertz CT molecular complexity index is 514. The molecular weight excluding hydrogens is 207 g/mol. The highest BCUT2D eigenvalue weighted by Gasteiger charge is 2.04. The van der Waals surface area contributed by atoms with Crippen LogP contribution in [-0.2, 0) is 6.61 Å². The third-order valence-electron chi connectivity index (χ3n) is 2.33. The number of nitrogens with zero attached hydrogens (tertiary/aromatic N) is 1. The van der Waals surface area contributed by atoms with Gasteiger partial charge in [0.05, 0.1) is 6.61 Å². The van der Waals surface area contributed by atoms with E-state index in [1.807, 2.05) is 0 Å². The third kappa shape index (κ3) is 2.01. The van der Waals surface area contributed by atoms with E-state index < -0.39 is 0 Å². The number of nitrogens with two attached hydrogens (primary N) is 1. The summed E-state index contributed by atoms with van der Waals surface area (Å²) in [7, 11) is 0. The van der Waals surface area contributed by atoms with Gasteiger partial charge in [-0.1, -0.05) is 12.1 Å². The lowest BCUT2D eigenvalue weighted by molar-refractivity contribution is 0.282. The van der Waals surface area contributed by atoms with Crippen molar-refractivity contribution < 1.29 is 9.50 Å². The molecule has 3 nitrogen and oxygen atoms in total. The van der Waals surface area contributed by atoms with E-state index in [2.05, 4.69) is 4.98 Å². The quantitative estimate of drug-likeness (QED) is 0.810. The Balaban J connectivity index is 2.48. The zero-order chi connectivity index (χ0) is 11.5. The van der Waals surface area contributed by atoms with Crippen LogP contribution in [0.25, 0.3) is 11.1 Å². The maximum absolute atomic E-state index is 13.0. The smallest absolute Gasteiger partial charge is 0.128 e. The van der Waals surface area contributed by atoms with E-state index in [0.29, 0.717) is 16.9 Å². The zero-order valence-corrected chi connectivity index (χ0v) is 8.52. The lowest BCUT2D eigenvalue weighted by atomic mass is 10.1. The van der Waals surface area contributed by atoms with Gasteiger partial charge in [-0.3, -0.25) is 0 Å². The van der Waals surface area contributed by atoms with Gasteiger partial charge in [-0.15, -0.1) is 0 Å². The Morgan fingerprint density at radius 3 is 2.75 bits per heavy atom. The molecule has 1 aromatic heterocycles. The van der Waals surface area contributed by atoms with Gasteiger partial charge in [-0.25, -0.2) is 9.37 Å². The van der Waals surface area contributed by atoms with Crippen molar-refractivity contribution >= 4 is 5.82 Å². The van der Waals surface area contributed by atoms with Gasteiger partial charge in [-0.05, 0) is 23.8 Å². The second-order valence-corrected chi connectivity index (χ2v) is 3.44. The highest BCUT2D eigenvalue weighted by Crippen LogP contribution is 2.22. The van der Waals surface area contributed by atoms with E-state index in [0.717, 1.165) is 5.56 Å². The number of benzene rings is 1. The predicted molar refractivity (Wildman–Crippen MR) is 60.0 cm³/mol. The SMILES string of the molecule is Nc1ncc(-c2cccc(F)c2)cc1CO. The van der Waals surface area contributed by atoms with Crippen LogP contribution in [-0.4, -0.2) is 10.1 Å². The first-order valence-electron chi connectivity index (χ1n) is 4.82. The van der Waals surface area contributed by atoms with Crippen LogP contribution < -0.4 is 5.73 Å². The van der Waals surface area contributed by atoms with Gasteiger partial charge in [-0.2, -0.15) is 0 Å². The molecular formula is C12H11FN2O. The first-order chi connectivity index (χ1) is 7.70. The molecule has 3 N–H and O–H groups in total. The fourth-order valence-electron chi connectivity index (χ4n) is 1.47. The van der Waals surface area contributed by atoms with Crippen molar-refractivity contribution in [3.8, 4) is 11.1 Å². The molecule has 0 amide bonds. The molecule has 2 rings (SSSR count). The monoisotopic (exact) mass is 218 g/mol. The van der Waals surface area contributed by atoms with Gasteiger partial charge in [0.15, 0.2) is 0 Å². The van der Waals surface area contributed by atoms with Gasteiger partial charge >= 0.3 is 0 Å². The molecule has 82 valence electrons. The summed E-state index contributed by atoms with van der Waals surface area (Å²) in [5.74, 6) is -0.0115. The molecule has 0 unspecified atom stereocenters. The molecule has 2 aromatic rings. The summed E-state index contributed by atoms with van der Waals surface area (Å²) >= 11 is 0. The molecule has 0 fully saturated rings. The van der Waals surface area contributed by atoms with Crippen molar-refractivity contribution in [2.75, 3.05) is 5.73 Å². The van der Waals surface area contributed by atoms with Crippen LogP contribution in [0.1, 0.15) is 5.56 Å². The standard InChI is InChI=1S/C12H11FN2O/c13-11-3-1-2-8(5-11)9-4-10(7-16)12(14)15-6-9/h1-6,16H,7H2,(H2,14,15). The first kappa shape index (κ1) is 10.6. The van der Waals surface area contributed by atoms with E-state index in [9.17, 15) is 4.39 Å². The molecule has 4 heteroatoms. The third-order valence-corrected chi connectivity index (χ3v) is 2.33. The van der Waals surface area contributed by atoms with Crippen LogP contribution in [0.2, 0.25) is 0 Å². The number of halogens is 1. The number of rotatable bonds is 2. The molecule has 0 aliphatic heterocycles. The average molecular weight is 218 g/mol. The van der Waals surface area contributed by atoms with E-state index in [1.54, 1.807) is 24.4 Å². The molecule has 1 heterocycles. The van der Waals surface area contributed by atoms with E-state index >= 15 is 0 Å². The van der Waals surface area contributed by atoms with Crippen LogP contribution >= 0.6 is 0 Å². The van der Waals surface area contributed by atoms with Crippen molar-refractivity contribution in [1.29, 1.82) is 0 Å². The number of aromatic nitrogens is 1. The van der Waals surface area contributed by atoms with E-state index in [-0.39, 0.29) is 12.4 Å². The summed E-state index contributed by atoms with van der Waals surface area (Å²) in [4.78, 5) is 3.95. The molecule has 0 saturated heterocycles. The van der Waals surface area contributed by atoms with Crippen molar-refractivity contribution in [2.45, 2.75) is 6.61 Å². The Hall–Kier alpha value is -1.94. The summed E-state index contributed by atoms with van der Waals surface area (Å²) < 4.78 is 13.0. The van der Waals surface area contributed by atoms with Crippen molar-refractivity contribution in [3.63, 3.8) is 0 Å². The molecule has 0 radical (unpaired) electrons. The molecule has 0 spiro atoms. The van der Waals surface area contributed by atoms with Gasteiger partial charge in [0.2, 0.25) is 0 Å². The number of hydrogen-bond acceptors (Lipinski definition) is 3. The summed E-state index contributed by atoms with van der Waals surface area (Å²) in [6, 6.07) is 7.89. The second-order valence-electron chi connectivity index (χ2n) is 3.44. The Morgan fingerprint density at radius 1 is 1.25 bits per heavy atom. The number of hydrogen-bond donors (Lipinski definition) is 2. The molecule has 16 heavy (non-hydrogen) atoms. The van der Waals surface area contributed by atoms with Crippen LogP contribution in [0, 0.1) is 5.82 Å². The summed E-state index contributed by atoms with van der Waals surface area (Å²) in [6.45, 7) is -0.179. The zero-order valence-electron chi connectivity index (χ0n) is 8.52. The van der Waals surface area contributed by atoms with Gasteiger partial charge < -0.3 is 10.8 Å². The Labute approximate surface area is 92.4 Å². The minimum atomic E-state index is -0.306. The van der Waals surface area contributed by atoms with Crippen LogP contribution in [0.3, 0.4) is 0 Å². The molecule has 1 aromatic carbocycles. The highest BCUT2D eigenvalue weighted by molar-refractivity contribution is 5.65. The number of pyridine rings is 1. The van der Waals surface area contributed by atoms with Gasteiger partial charge in [0.25, 0.3) is 0 Å². The predicted octanol–water partition coefficient (Wildman–Crippen LogP) is 1.96. The van der Waals surface area contributed by atoms with E-state index in [1.165, 1.54) is 12.1 Å². The van der Waals surface area contributed by atoms with Gasteiger partial charge in [0.1, 0.15) is 11.6 Å². The average Bonchev–Trinajstić information content (AvgIpc) is 2.29. The second kappa shape index (κ2) is 4.28. The lowest BCUT2D eigenvalue weighted by Gasteiger charge is -2.05. The Kier molecular flexibility index (Phi) is 2.83. The topological polar surface area (TPSA) is 59.1 Å². The van der Waals surface area contributed by atoms with Crippen molar-refractivity contribution in [3.05, 3.63) is 47.9 Å². The van der Waals surface area contributed by atoms with Crippen LogP contribution in [0.5, 0.6) is 0 Å². The minimum absolute atomic E-state index is 0.179. The van der Waals surface area contributed by atoms with Crippen LogP contribution in [0.4, 0.5) is 10.2 Å². The molecule has 0 bridgehead atoms. The lowest BCUT2D eigenvalue weighted by Crippen LogP contribution is -1.98. The maximum atomic E-state index is 13.0. The normalized spacial score (nSPS) is 10.4. The number of nitrogen functional groups attached to an aromatic ring is 1. The number of anilines is 1. The minimum Gasteiger partial charge on any atom is -0.392 e. The van der Waals surface area contributed by atoms with Gasteiger partial charge in [0, 0.05) is 17.3 Å². The van der Waals surface area contributed by atoms with E-state index in [4.69, 9.17) is 10.8 Å². The molecule has 0 aliphatic carbocycles. The Morgan fingerprint density at radius 2 is 2.06 bits per heavy atom. The fraction of sp³-hybridized carbons (Fsp3) is 0.0833. The molecule has 0 saturated carbocycles. The summed E-state index contributed by atoms with van der Waals surface area (Å²) in [5, 5.41) is 9.05. The van der Waals surface area contributed by atoms with Crippen LogP contribution in [0.15, 0.2) is 36.5 Å². The summed E-state index contributed by atoms with van der Waals surface area (Å²) in [6.07, 6.45) is 1.56. The molecule has 0 atom stereocenters. The summed E-state index contributed by atoms with van der Waals surface area (Å²) in [5.41, 5.74) is 7.55. The number of aliphatic hydroxyl groups excluding tert-OH is 1. The number of aliphatic hydroxyl groups is 1. The first-order valence-corrected chi connectivity index (χ1v) is 4.82. The van der Waals surface area contributed by atoms with Crippen molar-refractivity contribution in [1.82, 2.24) is 4.98 Å².